The quantitative estimate of drug-likeness (QED) is 0.258. The molecule has 0 bridgehead atoms. The average Bonchev–Trinajstić information content (AvgIpc) is 2.71. The summed E-state index contributed by atoms with van der Waals surface area (Å²) in [5, 5.41) is 10.5. The molecule has 3 N–H and O–H groups in total. The maximum absolute atomic E-state index is 13.0. The zero-order valence-corrected chi connectivity index (χ0v) is 17.7. The highest BCUT2D eigenvalue weighted by Gasteiger charge is 2.35. The number of ether oxygens (including phenoxy) is 2. The fraction of sp³-hybridized carbons (Fsp3) is 0.292. The molecule has 2 aromatic rings. The molecule has 0 amide bonds. The van der Waals surface area contributed by atoms with Crippen molar-refractivity contribution in [2.75, 3.05) is 12.3 Å². The van der Waals surface area contributed by atoms with Gasteiger partial charge in [0, 0.05) is 28.7 Å². The molecule has 0 saturated carbocycles. The predicted octanol–water partition coefficient (Wildman–Crippen LogP) is 3.66. The lowest BCUT2D eigenvalue weighted by Gasteiger charge is -2.28. The Kier molecular flexibility index (Phi) is 5.88. The Labute approximate surface area is 180 Å². The first kappa shape index (κ1) is 22.1. The SMILES string of the molecule is C=CC(=O)OC(C)CC(C)(C)COc1cc(O)c2c(c1N)C(=O)c1ccccc1C2=O. The Morgan fingerprint density at radius 1 is 1.19 bits per heavy atom. The maximum atomic E-state index is 13.0. The molecule has 3 rings (SSSR count). The van der Waals surface area contributed by atoms with Gasteiger partial charge in [-0.3, -0.25) is 9.59 Å². The van der Waals surface area contributed by atoms with Gasteiger partial charge in [-0.05, 0) is 13.3 Å². The monoisotopic (exact) mass is 423 g/mol. The van der Waals surface area contributed by atoms with Gasteiger partial charge in [0.1, 0.15) is 11.5 Å². The van der Waals surface area contributed by atoms with Crippen LogP contribution in [0.5, 0.6) is 11.5 Å². The summed E-state index contributed by atoms with van der Waals surface area (Å²) in [6, 6.07) is 7.67. The minimum absolute atomic E-state index is 0.00240. The van der Waals surface area contributed by atoms with Gasteiger partial charge in [0.25, 0.3) is 0 Å². The third-order valence-electron chi connectivity index (χ3n) is 5.12. The molecule has 2 aromatic carbocycles. The third kappa shape index (κ3) is 4.30. The van der Waals surface area contributed by atoms with Crippen LogP contribution in [0.15, 0.2) is 43.0 Å². The molecule has 31 heavy (non-hydrogen) atoms. The van der Waals surface area contributed by atoms with Crippen molar-refractivity contribution in [1.82, 2.24) is 0 Å². The number of carbonyl (C=O) groups excluding carboxylic acids is 3. The van der Waals surface area contributed by atoms with Crippen LogP contribution in [0.3, 0.4) is 0 Å². The van der Waals surface area contributed by atoms with Gasteiger partial charge in [-0.25, -0.2) is 4.79 Å². The highest BCUT2D eigenvalue weighted by molar-refractivity contribution is 6.31. The number of nitrogens with two attached hydrogens (primary N) is 1. The third-order valence-corrected chi connectivity index (χ3v) is 5.12. The maximum Gasteiger partial charge on any atom is 0.330 e. The summed E-state index contributed by atoms with van der Waals surface area (Å²) in [5.74, 6) is -1.65. The van der Waals surface area contributed by atoms with Gasteiger partial charge < -0.3 is 20.3 Å². The van der Waals surface area contributed by atoms with Gasteiger partial charge in [-0.2, -0.15) is 0 Å². The van der Waals surface area contributed by atoms with Gasteiger partial charge in [-0.15, -0.1) is 0 Å². The van der Waals surface area contributed by atoms with Gasteiger partial charge in [-0.1, -0.05) is 44.7 Å². The number of carbonyl (C=O) groups is 3. The van der Waals surface area contributed by atoms with Crippen molar-refractivity contribution in [2.45, 2.75) is 33.3 Å². The summed E-state index contributed by atoms with van der Waals surface area (Å²) < 4.78 is 11.0. The van der Waals surface area contributed by atoms with Crippen molar-refractivity contribution in [2.24, 2.45) is 5.41 Å². The normalized spacial score (nSPS) is 13.8. The van der Waals surface area contributed by atoms with Crippen molar-refractivity contribution >= 4 is 23.2 Å². The second-order valence-corrected chi connectivity index (χ2v) is 8.37. The molecule has 0 aliphatic heterocycles. The molecule has 1 aliphatic rings. The number of benzene rings is 2. The van der Waals surface area contributed by atoms with Crippen molar-refractivity contribution in [3.63, 3.8) is 0 Å². The van der Waals surface area contributed by atoms with Crippen LogP contribution in [0.4, 0.5) is 5.69 Å². The second-order valence-electron chi connectivity index (χ2n) is 8.37. The van der Waals surface area contributed by atoms with E-state index < -0.39 is 23.0 Å². The molecular formula is C24H25NO6. The van der Waals surface area contributed by atoms with E-state index in [0.717, 1.165) is 6.08 Å². The summed E-state index contributed by atoms with van der Waals surface area (Å²) >= 11 is 0. The highest BCUT2D eigenvalue weighted by atomic mass is 16.5. The van der Waals surface area contributed by atoms with E-state index in [-0.39, 0.29) is 52.2 Å². The lowest BCUT2D eigenvalue weighted by Crippen LogP contribution is -2.28. The molecular weight excluding hydrogens is 398 g/mol. The van der Waals surface area contributed by atoms with Crippen LogP contribution in [0, 0.1) is 5.41 Å². The molecule has 0 radical (unpaired) electrons. The number of hydrogen-bond donors (Lipinski definition) is 2. The van der Waals surface area contributed by atoms with Crippen LogP contribution < -0.4 is 10.5 Å². The molecule has 7 nitrogen and oxygen atoms in total. The summed E-state index contributed by atoms with van der Waals surface area (Å²) in [6.45, 7) is 9.16. The molecule has 1 aliphatic carbocycles. The minimum Gasteiger partial charge on any atom is -0.507 e. The number of fused-ring (bicyclic) bond motifs is 2. The number of rotatable bonds is 7. The average molecular weight is 423 g/mol. The van der Waals surface area contributed by atoms with Crippen molar-refractivity contribution < 1.29 is 29.0 Å². The van der Waals surface area contributed by atoms with Crippen LogP contribution in [0.25, 0.3) is 0 Å². The van der Waals surface area contributed by atoms with Crippen molar-refractivity contribution in [3.05, 3.63) is 65.2 Å². The molecule has 0 saturated heterocycles. The van der Waals surface area contributed by atoms with Crippen LogP contribution in [-0.4, -0.2) is 35.4 Å². The highest BCUT2D eigenvalue weighted by Crippen LogP contribution is 2.41. The smallest absolute Gasteiger partial charge is 0.330 e. The zero-order chi connectivity index (χ0) is 22.9. The van der Waals surface area contributed by atoms with Gasteiger partial charge in [0.15, 0.2) is 11.6 Å². The van der Waals surface area contributed by atoms with Crippen LogP contribution in [-0.2, 0) is 9.53 Å². The lowest BCUT2D eigenvalue weighted by molar-refractivity contribution is -0.143. The molecule has 1 atom stereocenters. The van der Waals surface area contributed by atoms with E-state index in [4.69, 9.17) is 15.2 Å². The number of phenols is 1. The fourth-order valence-electron chi connectivity index (χ4n) is 3.79. The first-order valence-corrected chi connectivity index (χ1v) is 9.85. The Hall–Kier alpha value is -3.61. The van der Waals surface area contributed by atoms with Gasteiger partial charge in [0.2, 0.25) is 0 Å². The first-order valence-electron chi connectivity index (χ1n) is 9.85. The summed E-state index contributed by atoms with van der Waals surface area (Å²) in [4.78, 5) is 37.2. The van der Waals surface area contributed by atoms with E-state index in [2.05, 4.69) is 6.58 Å². The van der Waals surface area contributed by atoms with Crippen LogP contribution in [0.2, 0.25) is 0 Å². The van der Waals surface area contributed by atoms with Crippen LogP contribution >= 0.6 is 0 Å². The van der Waals surface area contributed by atoms with E-state index in [1.54, 1.807) is 31.2 Å². The van der Waals surface area contributed by atoms with Gasteiger partial charge in [0.05, 0.1) is 29.5 Å². The standard InChI is InChI=1S/C24H25NO6/c1-5-18(27)31-13(2)11-24(3,4)12-30-17-10-16(26)19-20(21(17)25)23(29)15-9-7-6-8-14(15)22(19)28/h5-10,13,26H,1,11-12,25H2,2-4H3. The molecule has 7 heteroatoms. The molecule has 0 spiro atoms. The van der Waals surface area contributed by atoms with E-state index in [1.807, 2.05) is 13.8 Å². The van der Waals surface area contributed by atoms with Crippen molar-refractivity contribution in [1.29, 1.82) is 0 Å². The number of aromatic hydroxyl groups is 1. The first-order chi connectivity index (χ1) is 14.6. The molecule has 0 aromatic heterocycles. The van der Waals surface area contributed by atoms with Crippen molar-refractivity contribution in [3.8, 4) is 11.5 Å². The number of ketones is 2. The van der Waals surface area contributed by atoms with Gasteiger partial charge >= 0.3 is 5.97 Å². The fourth-order valence-corrected chi connectivity index (χ4v) is 3.79. The number of nitrogen functional groups attached to an aromatic ring is 1. The summed E-state index contributed by atoms with van der Waals surface area (Å²) in [6.07, 6.45) is 1.23. The number of hydrogen-bond acceptors (Lipinski definition) is 7. The van der Waals surface area contributed by atoms with E-state index in [1.165, 1.54) is 6.07 Å². The lowest BCUT2D eigenvalue weighted by atomic mass is 9.82. The Bertz CT molecular complexity index is 1090. The second kappa shape index (κ2) is 8.26. The van der Waals surface area contributed by atoms with E-state index in [9.17, 15) is 19.5 Å². The molecule has 1 unspecified atom stereocenters. The summed E-state index contributed by atoms with van der Waals surface area (Å²) in [5.41, 5.74) is 6.09. The number of anilines is 1. The van der Waals surface area contributed by atoms with Crippen LogP contribution in [0.1, 0.15) is 59.0 Å². The van der Waals surface area contributed by atoms with E-state index >= 15 is 0 Å². The topological polar surface area (TPSA) is 116 Å². The largest absolute Gasteiger partial charge is 0.507 e. The zero-order valence-electron chi connectivity index (χ0n) is 17.7. The number of esters is 1. The van der Waals surface area contributed by atoms with E-state index in [0.29, 0.717) is 6.42 Å². The Morgan fingerprint density at radius 3 is 2.35 bits per heavy atom. The Morgan fingerprint density at radius 2 is 1.77 bits per heavy atom. The molecule has 162 valence electrons. The minimum atomic E-state index is -0.503. The summed E-state index contributed by atoms with van der Waals surface area (Å²) in [7, 11) is 0. The predicted molar refractivity (Wildman–Crippen MR) is 115 cm³/mol. The molecule has 0 fully saturated rings. The molecule has 0 heterocycles. The number of phenolic OH excluding ortho intramolecular Hbond substituents is 1. The Balaban J connectivity index is 1.85.